The van der Waals surface area contributed by atoms with Gasteiger partial charge in [0, 0.05) is 18.1 Å². The van der Waals surface area contributed by atoms with Crippen LogP contribution in [-0.2, 0) is 0 Å². The van der Waals surface area contributed by atoms with Gasteiger partial charge in [0.2, 0.25) is 0 Å². The van der Waals surface area contributed by atoms with Gasteiger partial charge < -0.3 is 5.32 Å². The number of hydrogen-bond acceptors (Lipinski definition) is 2. The minimum atomic E-state index is 0.371. The van der Waals surface area contributed by atoms with E-state index >= 15 is 0 Å². The van der Waals surface area contributed by atoms with Crippen LogP contribution in [0.1, 0.15) is 47.0 Å². The van der Waals surface area contributed by atoms with Crippen molar-refractivity contribution in [3.8, 4) is 0 Å². The lowest BCUT2D eigenvalue weighted by Gasteiger charge is -2.41. The Labute approximate surface area is 95.4 Å². The average Bonchev–Trinajstić information content (AvgIpc) is 2.61. The van der Waals surface area contributed by atoms with Gasteiger partial charge in [-0.1, -0.05) is 27.2 Å². The molecule has 0 saturated heterocycles. The Morgan fingerprint density at radius 3 is 2.33 bits per heavy atom. The molecule has 0 aromatic rings. The van der Waals surface area contributed by atoms with Crippen molar-refractivity contribution < 1.29 is 0 Å². The molecule has 0 aliphatic heterocycles. The zero-order valence-corrected chi connectivity index (χ0v) is 11.3. The second-order valence-corrected chi connectivity index (χ2v) is 6.10. The third-order valence-electron chi connectivity index (χ3n) is 4.24. The van der Waals surface area contributed by atoms with Gasteiger partial charge in [-0.3, -0.25) is 4.90 Å². The summed E-state index contributed by atoms with van der Waals surface area (Å²) in [5, 5.41) is 3.46. The highest BCUT2D eigenvalue weighted by Crippen LogP contribution is 2.30. The molecule has 0 bridgehead atoms. The van der Waals surface area contributed by atoms with E-state index in [4.69, 9.17) is 0 Å². The van der Waals surface area contributed by atoms with Crippen LogP contribution in [0.3, 0.4) is 0 Å². The highest BCUT2D eigenvalue weighted by Gasteiger charge is 2.34. The van der Waals surface area contributed by atoms with E-state index in [-0.39, 0.29) is 0 Å². The third kappa shape index (κ3) is 2.94. The molecular formula is C13H28N2. The monoisotopic (exact) mass is 212 g/mol. The maximum absolute atomic E-state index is 3.46. The van der Waals surface area contributed by atoms with Crippen molar-refractivity contribution in [3.63, 3.8) is 0 Å². The molecule has 0 aromatic carbocycles. The number of hydrogen-bond donors (Lipinski definition) is 1. The fourth-order valence-corrected chi connectivity index (χ4v) is 2.66. The molecule has 90 valence electrons. The summed E-state index contributed by atoms with van der Waals surface area (Å²) in [5.74, 6) is 0. The molecule has 0 amide bonds. The second kappa shape index (κ2) is 4.84. The van der Waals surface area contributed by atoms with Crippen LogP contribution >= 0.6 is 0 Å². The first-order valence-corrected chi connectivity index (χ1v) is 6.27. The molecule has 0 aromatic heterocycles. The van der Waals surface area contributed by atoms with Crippen LogP contribution in [0.15, 0.2) is 0 Å². The fraction of sp³-hybridized carbons (Fsp3) is 1.00. The zero-order valence-electron chi connectivity index (χ0n) is 11.3. The summed E-state index contributed by atoms with van der Waals surface area (Å²) in [6.45, 7) is 9.34. The Bertz CT molecular complexity index is 195. The van der Waals surface area contributed by atoms with Crippen LogP contribution in [0.4, 0.5) is 0 Å². The number of nitrogens with one attached hydrogen (secondary N) is 1. The molecule has 1 aliphatic rings. The van der Waals surface area contributed by atoms with E-state index in [1.165, 1.54) is 19.3 Å². The van der Waals surface area contributed by atoms with E-state index in [9.17, 15) is 0 Å². The molecule has 2 heteroatoms. The van der Waals surface area contributed by atoms with Crippen LogP contribution in [0.2, 0.25) is 0 Å². The van der Waals surface area contributed by atoms with Gasteiger partial charge in [-0.25, -0.2) is 0 Å². The molecule has 2 nitrogen and oxygen atoms in total. The van der Waals surface area contributed by atoms with Gasteiger partial charge in [0.25, 0.3) is 0 Å². The number of nitrogens with zero attached hydrogens (tertiary/aromatic N) is 1. The zero-order chi connectivity index (χ0) is 11.6. The van der Waals surface area contributed by atoms with Gasteiger partial charge in [0.15, 0.2) is 0 Å². The van der Waals surface area contributed by atoms with E-state index in [2.05, 4.69) is 52.0 Å². The van der Waals surface area contributed by atoms with Crippen LogP contribution in [0, 0.1) is 5.41 Å². The third-order valence-corrected chi connectivity index (χ3v) is 4.24. The SMILES string of the molecule is CNC1CCCC1N(C)C(C)C(C)(C)C. The Hall–Kier alpha value is -0.0800. The lowest BCUT2D eigenvalue weighted by Crippen LogP contribution is -2.51. The predicted molar refractivity (Wildman–Crippen MR) is 67.2 cm³/mol. The molecule has 0 spiro atoms. The molecule has 15 heavy (non-hydrogen) atoms. The molecule has 1 fully saturated rings. The molecule has 0 radical (unpaired) electrons. The quantitative estimate of drug-likeness (QED) is 0.773. The second-order valence-electron chi connectivity index (χ2n) is 6.10. The van der Waals surface area contributed by atoms with Crippen molar-refractivity contribution in [3.05, 3.63) is 0 Å². The van der Waals surface area contributed by atoms with E-state index in [1.807, 2.05) is 0 Å². The molecule has 3 unspecified atom stereocenters. The van der Waals surface area contributed by atoms with E-state index in [1.54, 1.807) is 0 Å². The lowest BCUT2D eigenvalue weighted by molar-refractivity contribution is 0.0879. The van der Waals surface area contributed by atoms with Crippen molar-refractivity contribution in [1.29, 1.82) is 0 Å². The highest BCUT2D eigenvalue weighted by molar-refractivity contribution is 4.92. The summed E-state index contributed by atoms with van der Waals surface area (Å²) in [7, 11) is 4.38. The van der Waals surface area contributed by atoms with Gasteiger partial charge in [-0.2, -0.15) is 0 Å². The summed E-state index contributed by atoms with van der Waals surface area (Å²) < 4.78 is 0. The predicted octanol–water partition coefficient (Wildman–Crippen LogP) is 2.49. The van der Waals surface area contributed by atoms with Crippen molar-refractivity contribution in [2.75, 3.05) is 14.1 Å². The van der Waals surface area contributed by atoms with Gasteiger partial charge in [-0.15, -0.1) is 0 Å². The molecule has 1 aliphatic carbocycles. The maximum atomic E-state index is 3.46. The largest absolute Gasteiger partial charge is 0.315 e. The Morgan fingerprint density at radius 1 is 1.27 bits per heavy atom. The molecule has 1 rings (SSSR count). The minimum Gasteiger partial charge on any atom is -0.315 e. The van der Waals surface area contributed by atoms with E-state index < -0.39 is 0 Å². The van der Waals surface area contributed by atoms with Crippen LogP contribution in [-0.4, -0.2) is 37.1 Å². The van der Waals surface area contributed by atoms with E-state index in [0.29, 0.717) is 17.5 Å². The van der Waals surface area contributed by atoms with Crippen LogP contribution in [0.25, 0.3) is 0 Å². The van der Waals surface area contributed by atoms with Gasteiger partial charge in [-0.05, 0) is 39.3 Å². The summed E-state index contributed by atoms with van der Waals surface area (Å²) >= 11 is 0. The van der Waals surface area contributed by atoms with Crippen LogP contribution < -0.4 is 5.32 Å². The summed E-state index contributed by atoms with van der Waals surface area (Å²) in [5.41, 5.74) is 0.371. The Kier molecular flexibility index (Phi) is 4.19. The summed E-state index contributed by atoms with van der Waals surface area (Å²) in [4.78, 5) is 2.58. The van der Waals surface area contributed by atoms with Crippen molar-refractivity contribution in [1.82, 2.24) is 10.2 Å². The van der Waals surface area contributed by atoms with Gasteiger partial charge in [0.05, 0.1) is 0 Å². The molecule has 1 N–H and O–H groups in total. The van der Waals surface area contributed by atoms with Gasteiger partial charge in [0.1, 0.15) is 0 Å². The van der Waals surface area contributed by atoms with Crippen LogP contribution in [0.5, 0.6) is 0 Å². The summed E-state index contributed by atoms with van der Waals surface area (Å²) in [6, 6.07) is 2.06. The first kappa shape index (κ1) is 13.0. The Morgan fingerprint density at radius 2 is 1.87 bits per heavy atom. The Balaban J connectivity index is 2.63. The topological polar surface area (TPSA) is 15.3 Å². The van der Waals surface area contributed by atoms with Crippen molar-refractivity contribution in [2.45, 2.75) is 65.1 Å². The standard InChI is InChI=1S/C13H28N2/c1-10(13(2,3)4)15(6)12-9-7-8-11(12)14-5/h10-12,14H,7-9H2,1-6H3. The normalized spacial score (nSPS) is 29.8. The van der Waals surface area contributed by atoms with Crippen molar-refractivity contribution in [2.24, 2.45) is 5.41 Å². The first-order chi connectivity index (χ1) is 6.88. The molecule has 1 saturated carbocycles. The minimum absolute atomic E-state index is 0.371. The lowest BCUT2D eigenvalue weighted by atomic mass is 9.86. The number of rotatable bonds is 3. The van der Waals surface area contributed by atoms with E-state index in [0.717, 1.165) is 6.04 Å². The highest BCUT2D eigenvalue weighted by atomic mass is 15.2. The smallest absolute Gasteiger partial charge is 0.0249 e. The number of likely N-dealkylation sites (N-methyl/N-ethyl adjacent to an activating group) is 2. The van der Waals surface area contributed by atoms with Crippen molar-refractivity contribution >= 4 is 0 Å². The molecular weight excluding hydrogens is 184 g/mol. The molecule has 3 atom stereocenters. The maximum Gasteiger partial charge on any atom is 0.0249 e. The average molecular weight is 212 g/mol. The molecule has 0 heterocycles. The fourth-order valence-electron chi connectivity index (χ4n) is 2.66. The first-order valence-electron chi connectivity index (χ1n) is 6.27. The summed E-state index contributed by atoms with van der Waals surface area (Å²) in [6.07, 6.45) is 4.06. The van der Waals surface area contributed by atoms with Gasteiger partial charge >= 0.3 is 0 Å².